The number of carbonyl (C=O) groups is 1. The number of aromatic nitrogens is 1. The third-order valence-corrected chi connectivity index (χ3v) is 5.24. The summed E-state index contributed by atoms with van der Waals surface area (Å²) in [5.74, 6) is -0.197. The summed E-state index contributed by atoms with van der Waals surface area (Å²) in [6.45, 7) is 0. The summed E-state index contributed by atoms with van der Waals surface area (Å²) < 4.78 is 15.7. The summed E-state index contributed by atoms with van der Waals surface area (Å²) in [4.78, 5) is 27.8. The lowest BCUT2D eigenvalue weighted by atomic mass is 10.0. The van der Waals surface area contributed by atoms with E-state index < -0.39 is 11.6 Å². The highest BCUT2D eigenvalue weighted by Gasteiger charge is 2.19. The molecule has 2 heterocycles. The van der Waals surface area contributed by atoms with Crippen LogP contribution < -0.4 is 10.4 Å². The van der Waals surface area contributed by atoms with E-state index >= 15 is 0 Å². The summed E-state index contributed by atoms with van der Waals surface area (Å²) in [6, 6.07) is 16.1. The number of fused-ring (bicyclic) bond motifs is 1. The summed E-state index contributed by atoms with van der Waals surface area (Å²) in [5, 5.41) is 0.947. The van der Waals surface area contributed by atoms with E-state index in [2.05, 4.69) is 9.72 Å². The first-order valence-corrected chi connectivity index (χ1v) is 9.30. The highest BCUT2D eigenvalue weighted by atomic mass is 35.5. The number of benzene rings is 2. The van der Waals surface area contributed by atoms with Crippen molar-refractivity contribution in [2.75, 3.05) is 7.11 Å². The molecule has 4 rings (SSSR count). The average molecular weight is 414 g/mol. The predicted octanol–water partition coefficient (Wildman–Crippen LogP) is 5.15. The Labute approximate surface area is 167 Å². The monoisotopic (exact) mass is 413 g/mol. The number of carbonyl (C=O) groups excluding carboxylic acids is 1. The molecule has 2 aromatic heterocycles. The molecule has 4 aromatic rings. The van der Waals surface area contributed by atoms with Crippen LogP contribution in [0.2, 0.25) is 5.15 Å². The molecule has 0 saturated carbocycles. The Bertz CT molecular complexity index is 1230. The van der Waals surface area contributed by atoms with Gasteiger partial charge in [0.05, 0.1) is 7.11 Å². The van der Waals surface area contributed by atoms with E-state index in [0.29, 0.717) is 11.3 Å². The van der Waals surface area contributed by atoms with Crippen LogP contribution in [0.3, 0.4) is 0 Å². The van der Waals surface area contributed by atoms with Crippen LogP contribution in [-0.2, 0) is 4.74 Å². The Morgan fingerprint density at radius 1 is 1.14 bits per heavy atom. The van der Waals surface area contributed by atoms with Gasteiger partial charge in [-0.05, 0) is 23.3 Å². The van der Waals surface area contributed by atoms with E-state index in [1.165, 1.54) is 13.2 Å². The van der Waals surface area contributed by atoms with Crippen LogP contribution in [0.25, 0.3) is 22.1 Å². The molecular formula is C20H12ClNO5S. The Kier molecular flexibility index (Phi) is 4.85. The van der Waals surface area contributed by atoms with Gasteiger partial charge in [0, 0.05) is 17.5 Å². The quantitative estimate of drug-likeness (QED) is 0.340. The van der Waals surface area contributed by atoms with Crippen molar-refractivity contribution in [1.82, 2.24) is 4.98 Å². The van der Waals surface area contributed by atoms with Crippen LogP contribution in [-0.4, -0.2) is 18.1 Å². The minimum Gasteiger partial charge on any atom is -0.465 e. The van der Waals surface area contributed by atoms with Crippen molar-refractivity contribution in [2.24, 2.45) is 0 Å². The lowest BCUT2D eigenvalue weighted by molar-refractivity contribution is 0.0606. The van der Waals surface area contributed by atoms with Crippen molar-refractivity contribution >= 4 is 39.9 Å². The third-order valence-electron chi connectivity index (χ3n) is 3.94. The lowest BCUT2D eigenvalue weighted by Gasteiger charge is -2.07. The number of methoxy groups -OCH3 is 1. The molecule has 0 spiro atoms. The molecule has 6 nitrogen and oxygen atoms in total. The average Bonchev–Trinajstić information content (AvgIpc) is 3.07. The van der Waals surface area contributed by atoms with E-state index in [9.17, 15) is 9.59 Å². The number of halogens is 1. The van der Waals surface area contributed by atoms with Gasteiger partial charge in [0.25, 0.3) is 5.19 Å². The van der Waals surface area contributed by atoms with Gasteiger partial charge in [0.2, 0.25) is 0 Å². The van der Waals surface area contributed by atoms with Gasteiger partial charge in [-0.15, -0.1) is 0 Å². The van der Waals surface area contributed by atoms with E-state index in [1.807, 2.05) is 30.3 Å². The van der Waals surface area contributed by atoms with Crippen molar-refractivity contribution in [3.05, 3.63) is 75.0 Å². The summed E-state index contributed by atoms with van der Waals surface area (Å²) in [5.41, 5.74) is 1.58. The molecule has 2 aromatic carbocycles. The van der Waals surface area contributed by atoms with Gasteiger partial charge in [-0.25, -0.2) is 9.59 Å². The Balaban J connectivity index is 1.73. The second-order valence-corrected chi connectivity index (χ2v) is 7.02. The fourth-order valence-electron chi connectivity index (χ4n) is 2.71. The van der Waals surface area contributed by atoms with Gasteiger partial charge in [0.1, 0.15) is 11.3 Å². The van der Waals surface area contributed by atoms with Gasteiger partial charge in [-0.3, -0.25) is 0 Å². The Morgan fingerprint density at radius 2 is 1.93 bits per heavy atom. The molecular weight excluding hydrogens is 402 g/mol. The zero-order chi connectivity index (χ0) is 19.7. The molecule has 0 atom stereocenters. The van der Waals surface area contributed by atoms with Crippen LogP contribution in [0.5, 0.6) is 10.9 Å². The fraction of sp³-hybridized carbons (Fsp3) is 0.0500. The highest BCUT2D eigenvalue weighted by Crippen LogP contribution is 2.35. The maximum absolute atomic E-state index is 12.0. The summed E-state index contributed by atoms with van der Waals surface area (Å²) >= 11 is 6.91. The first-order chi connectivity index (χ1) is 13.5. The molecule has 0 aliphatic carbocycles. The van der Waals surface area contributed by atoms with E-state index in [1.54, 1.807) is 18.2 Å². The van der Waals surface area contributed by atoms with E-state index in [-0.39, 0.29) is 15.2 Å². The van der Waals surface area contributed by atoms with Crippen molar-refractivity contribution in [3.63, 3.8) is 0 Å². The first-order valence-electron chi connectivity index (χ1n) is 8.11. The predicted molar refractivity (Wildman–Crippen MR) is 106 cm³/mol. The largest absolute Gasteiger partial charge is 0.465 e. The molecule has 0 saturated heterocycles. The van der Waals surface area contributed by atoms with Crippen molar-refractivity contribution in [1.29, 1.82) is 0 Å². The summed E-state index contributed by atoms with van der Waals surface area (Å²) in [6.07, 6.45) is 0. The molecule has 0 amide bonds. The molecule has 0 radical (unpaired) electrons. The van der Waals surface area contributed by atoms with Gasteiger partial charge in [-0.1, -0.05) is 53.3 Å². The Morgan fingerprint density at radius 3 is 2.68 bits per heavy atom. The van der Waals surface area contributed by atoms with Crippen LogP contribution in [0.1, 0.15) is 9.67 Å². The molecule has 28 heavy (non-hydrogen) atoms. The van der Waals surface area contributed by atoms with Gasteiger partial charge >= 0.3 is 11.6 Å². The van der Waals surface area contributed by atoms with Crippen molar-refractivity contribution in [2.45, 2.75) is 0 Å². The fourth-order valence-corrected chi connectivity index (χ4v) is 3.78. The smallest absolute Gasteiger partial charge is 0.351 e. The number of thiazole rings is 1. The standard InChI is InChI=1S/C20H12ClNO5S/c1-25-19(24)17-18(21)22-20(28-17)26-12-7-8-13-14(11-5-3-2-4-6-11)10-16(23)27-15(13)9-12/h2-10H,1H3. The zero-order valence-corrected chi connectivity index (χ0v) is 16.0. The maximum Gasteiger partial charge on any atom is 0.351 e. The minimum absolute atomic E-state index is 0.00512. The van der Waals surface area contributed by atoms with E-state index in [4.69, 9.17) is 20.8 Å². The molecule has 8 heteroatoms. The number of esters is 1. The number of ether oxygens (including phenoxy) is 2. The number of hydrogen-bond donors (Lipinski definition) is 0. The molecule has 0 unspecified atom stereocenters. The summed E-state index contributed by atoms with van der Waals surface area (Å²) in [7, 11) is 1.26. The van der Waals surface area contributed by atoms with Gasteiger partial charge in [-0.2, -0.15) is 4.98 Å². The van der Waals surface area contributed by atoms with Crippen LogP contribution >= 0.6 is 22.9 Å². The number of rotatable bonds is 4. The van der Waals surface area contributed by atoms with E-state index in [0.717, 1.165) is 27.8 Å². The normalized spacial score (nSPS) is 10.8. The lowest BCUT2D eigenvalue weighted by Crippen LogP contribution is -1.98. The second kappa shape index (κ2) is 7.46. The first kappa shape index (κ1) is 18.2. The molecule has 0 bridgehead atoms. The minimum atomic E-state index is -0.589. The molecule has 0 aliphatic rings. The van der Waals surface area contributed by atoms with Gasteiger partial charge < -0.3 is 13.9 Å². The Hall–Kier alpha value is -3.16. The van der Waals surface area contributed by atoms with Crippen LogP contribution in [0, 0.1) is 0 Å². The van der Waals surface area contributed by atoms with Crippen molar-refractivity contribution in [3.8, 4) is 22.1 Å². The van der Waals surface area contributed by atoms with Crippen LogP contribution in [0.4, 0.5) is 0 Å². The molecule has 140 valence electrons. The molecule has 0 fully saturated rings. The zero-order valence-electron chi connectivity index (χ0n) is 14.5. The van der Waals surface area contributed by atoms with Gasteiger partial charge in [0.15, 0.2) is 10.0 Å². The maximum atomic E-state index is 12.0. The number of hydrogen-bond acceptors (Lipinski definition) is 7. The topological polar surface area (TPSA) is 78.6 Å². The molecule has 0 N–H and O–H groups in total. The SMILES string of the molecule is COC(=O)c1sc(Oc2ccc3c(-c4ccccc4)cc(=O)oc3c2)nc1Cl. The van der Waals surface area contributed by atoms with Crippen LogP contribution in [0.15, 0.2) is 63.8 Å². The second-order valence-electron chi connectivity index (χ2n) is 5.70. The highest BCUT2D eigenvalue weighted by molar-refractivity contribution is 7.15. The number of nitrogens with zero attached hydrogens (tertiary/aromatic N) is 1. The molecule has 0 aliphatic heterocycles. The third kappa shape index (κ3) is 3.49. The van der Waals surface area contributed by atoms with Crippen molar-refractivity contribution < 1.29 is 18.7 Å².